The van der Waals surface area contributed by atoms with Gasteiger partial charge in [0.15, 0.2) is 0 Å². The zero-order valence-corrected chi connectivity index (χ0v) is 7.90. The molecular formula is C8H17N3O2. The van der Waals surface area contributed by atoms with Crippen LogP contribution in [0.3, 0.4) is 0 Å². The molecule has 4 N–H and O–H groups in total. The van der Waals surface area contributed by atoms with Crippen LogP contribution in [-0.2, 0) is 9.53 Å². The van der Waals surface area contributed by atoms with Crippen LogP contribution >= 0.6 is 0 Å². The maximum Gasteiger partial charge on any atom is 0.231 e. The van der Waals surface area contributed by atoms with Crippen LogP contribution in [0, 0.1) is 0 Å². The second-order valence-electron chi connectivity index (χ2n) is 3.46. The van der Waals surface area contributed by atoms with Crippen molar-refractivity contribution in [3.05, 3.63) is 0 Å². The highest BCUT2D eigenvalue weighted by molar-refractivity contribution is 5.75. The van der Waals surface area contributed by atoms with Gasteiger partial charge in [0.1, 0.15) is 0 Å². The first kappa shape index (κ1) is 10.4. The van der Waals surface area contributed by atoms with Gasteiger partial charge in [0, 0.05) is 19.6 Å². The smallest absolute Gasteiger partial charge is 0.231 e. The summed E-state index contributed by atoms with van der Waals surface area (Å²) in [6.45, 7) is 4.20. The first-order chi connectivity index (χ1) is 6.11. The van der Waals surface area contributed by atoms with Crippen LogP contribution in [0.15, 0.2) is 0 Å². The topological polar surface area (TPSA) is 81.6 Å². The minimum absolute atomic E-state index is 0.0306. The number of rotatable bonds is 3. The summed E-state index contributed by atoms with van der Waals surface area (Å²) < 4.78 is 5.53. The molecule has 0 aromatic carbocycles. The van der Waals surface area contributed by atoms with Gasteiger partial charge in [-0.1, -0.05) is 0 Å². The molecule has 1 aliphatic rings. The number of hydrogen-bond acceptors (Lipinski definition) is 4. The number of nitrogens with two attached hydrogens (primary N) is 2. The van der Waals surface area contributed by atoms with Crippen LogP contribution in [-0.4, -0.2) is 49.2 Å². The molecule has 0 aromatic rings. The minimum Gasteiger partial charge on any atom is -0.371 e. The molecular weight excluding hydrogens is 170 g/mol. The van der Waals surface area contributed by atoms with Crippen LogP contribution < -0.4 is 11.5 Å². The average Bonchev–Trinajstić information content (AvgIpc) is 2.01. The van der Waals surface area contributed by atoms with Gasteiger partial charge >= 0.3 is 0 Å². The normalized spacial score (nSPS) is 30.3. The Bertz CT molecular complexity index is 186. The molecule has 76 valence electrons. The lowest BCUT2D eigenvalue weighted by Gasteiger charge is -2.35. The van der Waals surface area contributed by atoms with E-state index in [1.165, 1.54) is 0 Å². The fraction of sp³-hybridized carbons (Fsp3) is 0.875. The third-order valence-electron chi connectivity index (χ3n) is 2.04. The average molecular weight is 187 g/mol. The van der Waals surface area contributed by atoms with Crippen molar-refractivity contribution in [3.8, 4) is 0 Å². The second-order valence-corrected chi connectivity index (χ2v) is 3.46. The number of carbonyl (C=O) groups excluding carboxylic acids is 1. The molecule has 1 amide bonds. The number of carbonyl (C=O) groups is 1. The summed E-state index contributed by atoms with van der Waals surface area (Å²) >= 11 is 0. The molecule has 1 fully saturated rings. The lowest BCUT2D eigenvalue weighted by Crippen LogP contribution is -2.51. The Labute approximate surface area is 78.0 Å². The van der Waals surface area contributed by atoms with E-state index in [0.29, 0.717) is 19.6 Å². The van der Waals surface area contributed by atoms with Crippen molar-refractivity contribution < 1.29 is 9.53 Å². The quantitative estimate of drug-likeness (QED) is 0.564. The highest BCUT2D eigenvalue weighted by Gasteiger charge is 2.24. The molecule has 1 aliphatic heterocycles. The van der Waals surface area contributed by atoms with E-state index in [0.717, 1.165) is 6.54 Å². The molecule has 1 heterocycles. The van der Waals surface area contributed by atoms with Crippen LogP contribution in [0.4, 0.5) is 0 Å². The number of ether oxygens (including phenoxy) is 1. The van der Waals surface area contributed by atoms with Gasteiger partial charge in [0.25, 0.3) is 0 Å². The Balaban J connectivity index is 2.42. The number of nitrogens with zero attached hydrogens (tertiary/aromatic N) is 1. The van der Waals surface area contributed by atoms with Gasteiger partial charge in [-0.15, -0.1) is 0 Å². The van der Waals surface area contributed by atoms with E-state index in [9.17, 15) is 4.79 Å². The number of primary amides is 1. The van der Waals surface area contributed by atoms with Gasteiger partial charge in [0.2, 0.25) is 5.91 Å². The summed E-state index contributed by atoms with van der Waals surface area (Å²) in [4.78, 5) is 12.7. The lowest BCUT2D eigenvalue weighted by atomic mass is 10.2. The van der Waals surface area contributed by atoms with E-state index in [-0.39, 0.29) is 18.1 Å². The van der Waals surface area contributed by atoms with Crippen LogP contribution in [0.25, 0.3) is 0 Å². The number of hydrogen-bond donors (Lipinski definition) is 2. The fourth-order valence-electron chi connectivity index (χ4n) is 1.62. The molecule has 2 atom stereocenters. The summed E-state index contributed by atoms with van der Waals surface area (Å²) in [6.07, 6.45) is 0.157. The largest absolute Gasteiger partial charge is 0.371 e. The highest BCUT2D eigenvalue weighted by atomic mass is 16.5. The van der Waals surface area contributed by atoms with Crippen molar-refractivity contribution in [3.63, 3.8) is 0 Å². The van der Waals surface area contributed by atoms with Gasteiger partial charge in [-0.25, -0.2) is 0 Å². The van der Waals surface area contributed by atoms with Crippen molar-refractivity contribution in [2.45, 2.75) is 19.1 Å². The molecule has 1 saturated heterocycles. The van der Waals surface area contributed by atoms with E-state index >= 15 is 0 Å². The monoisotopic (exact) mass is 187 g/mol. The molecule has 0 aliphatic carbocycles. The molecule has 2 unspecified atom stereocenters. The first-order valence-corrected chi connectivity index (χ1v) is 4.48. The van der Waals surface area contributed by atoms with Crippen molar-refractivity contribution in [1.82, 2.24) is 4.90 Å². The molecule has 5 heteroatoms. The third kappa shape index (κ3) is 3.30. The standard InChI is InChI=1S/C8H17N3O2/c1-6-3-11(5-8(10)12)4-7(2-9)13-6/h6-7H,2-5,9H2,1H3,(H2,10,12). The van der Waals surface area contributed by atoms with Gasteiger partial charge < -0.3 is 16.2 Å². The molecule has 0 saturated carbocycles. The molecule has 5 nitrogen and oxygen atoms in total. The van der Waals surface area contributed by atoms with Crippen LogP contribution in [0.5, 0.6) is 0 Å². The van der Waals surface area contributed by atoms with Gasteiger partial charge in [0.05, 0.1) is 18.8 Å². The summed E-state index contributed by atoms with van der Waals surface area (Å²) in [5.41, 5.74) is 10.6. The molecule has 0 bridgehead atoms. The van der Waals surface area contributed by atoms with Crippen molar-refractivity contribution in [2.24, 2.45) is 11.5 Å². The maximum atomic E-state index is 10.7. The van der Waals surface area contributed by atoms with Gasteiger partial charge in [-0.2, -0.15) is 0 Å². The van der Waals surface area contributed by atoms with Crippen molar-refractivity contribution in [2.75, 3.05) is 26.2 Å². The lowest BCUT2D eigenvalue weighted by molar-refractivity contribution is -0.123. The van der Waals surface area contributed by atoms with Gasteiger partial charge in [-0.3, -0.25) is 9.69 Å². The Kier molecular flexibility index (Phi) is 3.65. The first-order valence-electron chi connectivity index (χ1n) is 4.48. The summed E-state index contributed by atoms with van der Waals surface area (Å²) in [7, 11) is 0. The van der Waals surface area contributed by atoms with E-state index in [4.69, 9.17) is 16.2 Å². The van der Waals surface area contributed by atoms with Crippen LogP contribution in [0.2, 0.25) is 0 Å². The zero-order chi connectivity index (χ0) is 9.84. The Morgan fingerprint density at radius 1 is 1.62 bits per heavy atom. The SMILES string of the molecule is CC1CN(CC(N)=O)CC(CN)O1. The Hall–Kier alpha value is -0.650. The van der Waals surface area contributed by atoms with Crippen molar-refractivity contribution >= 4 is 5.91 Å². The second kappa shape index (κ2) is 4.55. The van der Waals surface area contributed by atoms with Gasteiger partial charge in [-0.05, 0) is 6.92 Å². The fourth-order valence-corrected chi connectivity index (χ4v) is 1.62. The Morgan fingerprint density at radius 3 is 2.85 bits per heavy atom. The highest BCUT2D eigenvalue weighted by Crippen LogP contribution is 2.09. The molecule has 13 heavy (non-hydrogen) atoms. The summed E-state index contributed by atoms with van der Waals surface area (Å²) in [5.74, 6) is -0.301. The summed E-state index contributed by atoms with van der Waals surface area (Å²) in [5, 5.41) is 0. The molecule has 1 rings (SSSR count). The Morgan fingerprint density at radius 2 is 2.31 bits per heavy atom. The summed E-state index contributed by atoms with van der Waals surface area (Å²) in [6, 6.07) is 0. The van der Waals surface area contributed by atoms with E-state index < -0.39 is 0 Å². The number of amides is 1. The third-order valence-corrected chi connectivity index (χ3v) is 2.04. The predicted molar refractivity (Wildman–Crippen MR) is 49.0 cm³/mol. The van der Waals surface area contributed by atoms with Crippen LogP contribution in [0.1, 0.15) is 6.92 Å². The van der Waals surface area contributed by atoms with Crippen molar-refractivity contribution in [1.29, 1.82) is 0 Å². The molecule has 0 aromatic heterocycles. The van der Waals surface area contributed by atoms with E-state index in [2.05, 4.69) is 0 Å². The maximum absolute atomic E-state index is 10.7. The number of morpholine rings is 1. The van der Waals surface area contributed by atoms with E-state index in [1.54, 1.807) is 0 Å². The zero-order valence-electron chi connectivity index (χ0n) is 7.90. The predicted octanol–water partition coefficient (Wildman–Crippen LogP) is -1.48. The van der Waals surface area contributed by atoms with E-state index in [1.807, 2.05) is 11.8 Å². The molecule has 0 spiro atoms. The minimum atomic E-state index is -0.301. The molecule has 0 radical (unpaired) electrons.